The van der Waals surface area contributed by atoms with E-state index in [1.165, 1.54) is 18.4 Å². The van der Waals surface area contributed by atoms with Crippen LogP contribution >= 0.6 is 0 Å². The number of nitrogens with zero attached hydrogens (tertiary/aromatic N) is 1. The van der Waals surface area contributed by atoms with Crippen molar-refractivity contribution < 1.29 is 4.79 Å². The number of carbonyl (C=O) groups excluding carboxylic acids is 1. The van der Waals surface area contributed by atoms with E-state index in [2.05, 4.69) is 12.1 Å². The molecule has 2 rings (SSSR count). The molecular weight excluding hydrogens is 210 g/mol. The monoisotopic (exact) mass is 227 g/mol. The average Bonchev–Trinajstić information content (AvgIpc) is 2.80. The molecule has 0 bridgehead atoms. The first-order valence-corrected chi connectivity index (χ1v) is 6.16. The van der Waals surface area contributed by atoms with Crippen LogP contribution in [0.4, 0.5) is 0 Å². The molecule has 1 aliphatic rings. The molecular formula is C15H17NO. The van der Waals surface area contributed by atoms with E-state index >= 15 is 0 Å². The van der Waals surface area contributed by atoms with Crippen LogP contribution in [0.25, 0.3) is 0 Å². The van der Waals surface area contributed by atoms with Crippen LogP contribution in [0.1, 0.15) is 54.9 Å². The van der Waals surface area contributed by atoms with E-state index in [9.17, 15) is 4.79 Å². The zero-order chi connectivity index (χ0) is 12.3. The molecule has 1 saturated carbocycles. The summed E-state index contributed by atoms with van der Waals surface area (Å²) in [4.78, 5) is 11.4. The first kappa shape index (κ1) is 11.9. The lowest BCUT2D eigenvalue weighted by molar-refractivity contribution is 0.101. The van der Waals surface area contributed by atoms with Crippen LogP contribution in [0.5, 0.6) is 0 Å². The molecule has 0 heterocycles. The lowest BCUT2D eigenvalue weighted by atomic mass is 9.76. The molecule has 0 aromatic heterocycles. The Morgan fingerprint density at radius 2 is 2.12 bits per heavy atom. The largest absolute Gasteiger partial charge is 0.295 e. The van der Waals surface area contributed by atoms with Crippen molar-refractivity contribution >= 4 is 5.78 Å². The summed E-state index contributed by atoms with van der Waals surface area (Å²) in [5.74, 6) is 0.0944. The molecule has 1 aromatic carbocycles. The molecule has 2 heteroatoms. The summed E-state index contributed by atoms with van der Waals surface area (Å²) in [5.41, 5.74) is 1.93. The van der Waals surface area contributed by atoms with Crippen LogP contribution < -0.4 is 0 Å². The van der Waals surface area contributed by atoms with Gasteiger partial charge in [0.2, 0.25) is 0 Å². The molecule has 0 N–H and O–H groups in total. The number of hydrogen-bond donors (Lipinski definition) is 0. The Kier molecular flexibility index (Phi) is 3.28. The molecule has 0 spiro atoms. The third-order valence-electron chi connectivity index (χ3n) is 3.86. The van der Waals surface area contributed by atoms with E-state index in [1.807, 2.05) is 18.2 Å². The Bertz CT molecular complexity index is 464. The van der Waals surface area contributed by atoms with Gasteiger partial charge in [0.25, 0.3) is 0 Å². The maximum Gasteiger partial charge on any atom is 0.159 e. The SMILES string of the molecule is CC(=O)c1cccc(C2(CC#N)CCCC2)c1. The number of carbonyl (C=O) groups is 1. The van der Waals surface area contributed by atoms with Gasteiger partial charge in [0.05, 0.1) is 6.07 Å². The van der Waals surface area contributed by atoms with Gasteiger partial charge < -0.3 is 0 Å². The fraction of sp³-hybridized carbons (Fsp3) is 0.467. The van der Waals surface area contributed by atoms with Crippen molar-refractivity contribution in [3.63, 3.8) is 0 Å². The number of nitriles is 1. The summed E-state index contributed by atoms with van der Waals surface area (Å²) in [6.45, 7) is 1.59. The second-order valence-corrected chi connectivity index (χ2v) is 4.96. The van der Waals surface area contributed by atoms with Gasteiger partial charge in [0.15, 0.2) is 5.78 Å². The van der Waals surface area contributed by atoms with Crippen LogP contribution in [-0.4, -0.2) is 5.78 Å². The van der Waals surface area contributed by atoms with Crippen LogP contribution in [0.15, 0.2) is 24.3 Å². The number of Topliss-reactive ketones (excluding diaryl/α,β-unsaturated/α-hetero) is 1. The summed E-state index contributed by atoms with van der Waals surface area (Å²) in [6.07, 6.45) is 5.08. The highest BCUT2D eigenvalue weighted by atomic mass is 16.1. The molecule has 2 nitrogen and oxygen atoms in total. The lowest BCUT2D eigenvalue weighted by Crippen LogP contribution is -2.21. The Balaban J connectivity index is 2.40. The molecule has 1 aliphatic carbocycles. The highest BCUT2D eigenvalue weighted by Crippen LogP contribution is 2.43. The smallest absolute Gasteiger partial charge is 0.159 e. The number of hydrogen-bond acceptors (Lipinski definition) is 2. The van der Waals surface area contributed by atoms with Gasteiger partial charge in [-0.15, -0.1) is 0 Å². The first-order valence-electron chi connectivity index (χ1n) is 6.16. The summed E-state index contributed by atoms with van der Waals surface area (Å²) in [7, 11) is 0. The van der Waals surface area contributed by atoms with Gasteiger partial charge in [-0.05, 0) is 31.4 Å². The van der Waals surface area contributed by atoms with Gasteiger partial charge in [-0.1, -0.05) is 31.0 Å². The number of rotatable bonds is 3. The third-order valence-corrected chi connectivity index (χ3v) is 3.86. The number of ketones is 1. The minimum atomic E-state index is 0.000208. The molecule has 0 radical (unpaired) electrons. The molecule has 1 fully saturated rings. The zero-order valence-corrected chi connectivity index (χ0v) is 10.2. The lowest BCUT2D eigenvalue weighted by Gasteiger charge is -2.27. The van der Waals surface area contributed by atoms with Gasteiger partial charge >= 0.3 is 0 Å². The van der Waals surface area contributed by atoms with E-state index < -0.39 is 0 Å². The molecule has 0 unspecified atom stereocenters. The fourth-order valence-corrected chi connectivity index (χ4v) is 2.84. The predicted octanol–water partition coefficient (Wildman–Crippen LogP) is 3.61. The summed E-state index contributed by atoms with van der Waals surface area (Å²) in [5, 5.41) is 9.01. The second-order valence-electron chi connectivity index (χ2n) is 4.96. The van der Waals surface area contributed by atoms with Gasteiger partial charge in [-0.3, -0.25) is 4.79 Å². The van der Waals surface area contributed by atoms with Crippen molar-refractivity contribution in [3.8, 4) is 6.07 Å². The summed E-state index contributed by atoms with van der Waals surface area (Å²) < 4.78 is 0. The Hall–Kier alpha value is -1.62. The molecule has 1 aromatic rings. The Morgan fingerprint density at radius 3 is 2.71 bits per heavy atom. The van der Waals surface area contributed by atoms with Crippen LogP contribution in [0.2, 0.25) is 0 Å². The van der Waals surface area contributed by atoms with Gasteiger partial charge in [0.1, 0.15) is 0 Å². The predicted molar refractivity (Wildman–Crippen MR) is 66.8 cm³/mol. The van der Waals surface area contributed by atoms with Gasteiger partial charge in [-0.25, -0.2) is 0 Å². The Labute approximate surface area is 102 Å². The van der Waals surface area contributed by atoms with E-state index in [-0.39, 0.29) is 11.2 Å². The van der Waals surface area contributed by atoms with Crippen molar-refractivity contribution in [2.45, 2.75) is 44.4 Å². The fourth-order valence-electron chi connectivity index (χ4n) is 2.84. The normalized spacial score (nSPS) is 17.6. The average molecular weight is 227 g/mol. The van der Waals surface area contributed by atoms with Crippen molar-refractivity contribution in [1.82, 2.24) is 0 Å². The molecule has 0 amide bonds. The van der Waals surface area contributed by atoms with Crippen LogP contribution in [0, 0.1) is 11.3 Å². The topological polar surface area (TPSA) is 40.9 Å². The Morgan fingerprint density at radius 1 is 1.41 bits per heavy atom. The maximum absolute atomic E-state index is 11.4. The van der Waals surface area contributed by atoms with Gasteiger partial charge in [-0.2, -0.15) is 5.26 Å². The van der Waals surface area contributed by atoms with Crippen molar-refractivity contribution in [1.29, 1.82) is 5.26 Å². The second kappa shape index (κ2) is 4.71. The maximum atomic E-state index is 11.4. The molecule has 88 valence electrons. The van der Waals surface area contributed by atoms with Crippen molar-refractivity contribution in [2.24, 2.45) is 0 Å². The zero-order valence-electron chi connectivity index (χ0n) is 10.2. The summed E-state index contributed by atoms with van der Waals surface area (Å²) in [6, 6.07) is 10.1. The van der Waals surface area contributed by atoms with Crippen molar-refractivity contribution in [3.05, 3.63) is 35.4 Å². The van der Waals surface area contributed by atoms with Crippen molar-refractivity contribution in [2.75, 3.05) is 0 Å². The molecule has 17 heavy (non-hydrogen) atoms. The molecule has 0 atom stereocenters. The standard InChI is InChI=1S/C15H17NO/c1-12(17)13-5-4-6-14(11-13)15(9-10-16)7-2-3-8-15/h4-6,11H,2-3,7-9H2,1H3. The van der Waals surface area contributed by atoms with E-state index in [1.54, 1.807) is 6.92 Å². The van der Waals surface area contributed by atoms with E-state index in [4.69, 9.17) is 5.26 Å². The quantitative estimate of drug-likeness (QED) is 0.740. The minimum absolute atomic E-state index is 0.000208. The molecule has 0 saturated heterocycles. The highest BCUT2D eigenvalue weighted by Gasteiger charge is 2.35. The van der Waals surface area contributed by atoms with E-state index in [0.29, 0.717) is 6.42 Å². The first-order chi connectivity index (χ1) is 8.18. The van der Waals surface area contributed by atoms with Gasteiger partial charge in [0, 0.05) is 17.4 Å². The highest BCUT2D eigenvalue weighted by molar-refractivity contribution is 5.94. The summed E-state index contributed by atoms with van der Waals surface area (Å²) >= 11 is 0. The van der Waals surface area contributed by atoms with E-state index in [0.717, 1.165) is 18.4 Å². The third kappa shape index (κ3) is 2.24. The van der Waals surface area contributed by atoms with Crippen LogP contribution in [0.3, 0.4) is 0 Å². The molecule has 0 aliphatic heterocycles. The minimum Gasteiger partial charge on any atom is -0.295 e. The van der Waals surface area contributed by atoms with Crippen LogP contribution in [-0.2, 0) is 5.41 Å². The number of benzene rings is 1.